The predicted octanol–water partition coefficient (Wildman–Crippen LogP) is 19.4. The summed E-state index contributed by atoms with van der Waals surface area (Å²) in [6.45, 7) is 8.57. The summed E-state index contributed by atoms with van der Waals surface area (Å²) < 4.78 is 4.70. The number of aromatic nitrogens is 4. The van der Waals surface area contributed by atoms with Crippen molar-refractivity contribution in [3.05, 3.63) is 277 Å². The number of hydrogen-bond acceptors (Lipinski definition) is 3. The lowest BCUT2D eigenvalue weighted by Gasteiger charge is -2.21. The van der Waals surface area contributed by atoms with Crippen LogP contribution >= 0.6 is 0 Å². The van der Waals surface area contributed by atoms with E-state index < -0.39 is 0 Å². The van der Waals surface area contributed by atoms with Crippen molar-refractivity contribution < 1.29 is 0 Å². The topological polar surface area (TPSA) is 59.4 Å². The van der Waals surface area contributed by atoms with Gasteiger partial charge in [0.25, 0.3) is 0 Å². The zero-order chi connectivity index (χ0) is 54.0. The van der Waals surface area contributed by atoms with Crippen molar-refractivity contribution in [3.63, 3.8) is 0 Å². The molecule has 0 unspecified atom stereocenters. The van der Waals surface area contributed by atoms with E-state index in [1.54, 1.807) is 0 Å². The van der Waals surface area contributed by atoms with Gasteiger partial charge in [0.1, 0.15) is 0 Å². The van der Waals surface area contributed by atoms with Crippen molar-refractivity contribution in [2.45, 2.75) is 27.7 Å². The van der Waals surface area contributed by atoms with E-state index >= 15 is 0 Å². The van der Waals surface area contributed by atoms with Gasteiger partial charge < -0.3 is 9.13 Å². The van der Waals surface area contributed by atoms with Crippen LogP contribution in [0.3, 0.4) is 0 Å². The molecule has 3 heterocycles. The van der Waals surface area contributed by atoms with Gasteiger partial charge in [-0.1, -0.05) is 204 Å². The minimum Gasteiger partial charge on any atom is -0.308 e. The molecule has 378 valence electrons. The molecule has 0 spiro atoms. The number of nitrogens with zero attached hydrogens (tertiary/aromatic N) is 5. The highest BCUT2D eigenvalue weighted by Gasteiger charge is 2.27. The van der Waals surface area contributed by atoms with Crippen LogP contribution in [-0.4, -0.2) is 19.1 Å². The summed E-state index contributed by atoms with van der Waals surface area (Å²) in [5, 5.41) is 15.8. The van der Waals surface area contributed by atoms with Gasteiger partial charge in [-0.25, -0.2) is 9.97 Å². The maximum Gasteiger partial charge on any atom is 0.164 e. The van der Waals surface area contributed by atoms with E-state index in [1.165, 1.54) is 22.3 Å². The number of aryl methyl sites for hydroxylation is 4. The van der Waals surface area contributed by atoms with Crippen molar-refractivity contribution in [3.8, 4) is 95.9 Å². The Bertz CT molecular complexity index is 4320. The van der Waals surface area contributed by atoms with Gasteiger partial charge >= 0.3 is 0 Å². The van der Waals surface area contributed by atoms with E-state index in [2.05, 4.69) is 267 Å². The monoisotopic (exact) mass is 1020 g/mol. The van der Waals surface area contributed by atoms with Gasteiger partial charge in [-0.3, -0.25) is 0 Å². The first kappa shape index (κ1) is 48.0. The highest BCUT2D eigenvalue weighted by molar-refractivity contribution is 6.14. The van der Waals surface area contributed by atoms with E-state index in [1.807, 2.05) is 24.3 Å². The van der Waals surface area contributed by atoms with Crippen molar-refractivity contribution in [2.24, 2.45) is 0 Å². The Labute approximate surface area is 465 Å². The summed E-state index contributed by atoms with van der Waals surface area (Å²) in [5.41, 5.74) is 24.3. The molecule has 11 aromatic carbocycles. The van der Waals surface area contributed by atoms with Gasteiger partial charge in [-0.2, -0.15) is 5.26 Å². The van der Waals surface area contributed by atoms with Crippen molar-refractivity contribution in [1.82, 2.24) is 19.1 Å². The second-order valence-electron chi connectivity index (χ2n) is 21.3. The maximum atomic E-state index is 11.4. The average Bonchev–Trinajstić information content (AvgIpc) is 4.04. The third kappa shape index (κ3) is 8.52. The molecule has 0 N–H and O–H groups in total. The first-order chi connectivity index (χ1) is 39.2. The standard InChI is InChI=1S/C75H53N5/c1-47-15-11-23-54(35-47)58-27-31-68-62(41-58)63-42-59(55-24-12-16-48(2)36-55)28-32-69(63)79(68)72-39-51(46-76)40-73(74(72)75-77-66(52-19-7-5-8-20-52)45-67(78-75)53-21-9-6-10-22-53)80-70-33-29-60(56-25-13-17-49(3)37-56)43-64(70)65-44-61(30-34-71(65)80)57-26-14-18-50(4)38-57/h5-45H,1-4H3. The number of nitriles is 1. The highest BCUT2D eigenvalue weighted by atomic mass is 15.0. The quantitative estimate of drug-likeness (QED) is 0.145. The fourth-order valence-electron chi connectivity index (χ4n) is 11.9. The molecule has 0 radical (unpaired) electrons. The first-order valence-electron chi connectivity index (χ1n) is 27.3. The average molecular weight is 1020 g/mol. The molecule has 5 nitrogen and oxygen atoms in total. The Kier molecular flexibility index (Phi) is 11.7. The van der Waals surface area contributed by atoms with E-state index in [4.69, 9.17) is 9.97 Å². The molecule has 14 rings (SSSR count). The molecule has 0 amide bonds. The lowest BCUT2D eigenvalue weighted by atomic mass is 9.99. The molecular formula is C75H53N5. The van der Waals surface area contributed by atoms with Crippen LogP contribution in [0.5, 0.6) is 0 Å². The fraction of sp³-hybridized carbons (Fsp3) is 0.0533. The summed E-state index contributed by atoms with van der Waals surface area (Å²) in [6, 6.07) is 91.7. The molecule has 0 aliphatic rings. The van der Waals surface area contributed by atoms with E-state index in [-0.39, 0.29) is 0 Å². The van der Waals surface area contributed by atoms with Crippen molar-refractivity contribution >= 4 is 43.6 Å². The van der Waals surface area contributed by atoms with Crippen LogP contribution in [-0.2, 0) is 0 Å². The van der Waals surface area contributed by atoms with E-state index in [9.17, 15) is 5.26 Å². The molecule has 14 aromatic rings. The fourth-order valence-corrected chi connectivity index (χ4v) is 11.9. The third-order valence-corrected chi connectivity index (χ3v) is 15.7. The highest BCUT2D eigenvalue weighted by Crippen LogP contribution is 2.45. The third-order valence-electron chi connectivity index (χ3n) is 15.7. The Morgan fingerprint density at radius 1 is 0.300 bits per heavy atom. The summed E-state index contributed by atoms with van der Waals surface area (Å²) in [4.78, 5) is 11.3. The van der Waals surface area contributed by atoms with Crippen LogP contribution in [0.4, 0.5) is 0 Å². The zero-order valence-electron chi connectivity index (χ0n) is 44.9. The lowest BCUT2D eigenvalue weighted by molar-refractivity contribution is 1.10. The Hall–Kier alpha value is -10.4. The van der Waals surface area contributed by atoms with Crippen molar-refractivity contribution in [2.75, 3.05) is 0 Å². The maximum absolute atomic E-state index is 11.4. The number of benzene rings is 11. The van der Waals surface area contributed by atoms with Crippen LogP contribution in [0.25, 0.3) is 133 Å². The molecule has 0 saturated carbocycles. The van der Waals surface area contributed by atoms with Gasteiger partial charge in [0.2, 0.25) is 0 Å². The molecule has 0 fully saturated rings. The molecule has 5 heteroatoms. The molecule has 80 heavy (non-hydrogen) atoms. The molecule has 0 bridgehead atoms. The van der Waals surface area contributed by atoms with Gasteiger partial charge in [0.15, 0.2) is 5.82 Å². The second kappa shape index (κ2) is 19.6. The van der Waals surface area contributed by atoms with Gasteiger partial charge in [0.05, 0.1) is 62.0 Å². The number of hydrogen-bond donors (Lipinski definition) is 0. The first-order valence-corrected chi connectivity index (χ1v) is 27.3. The van der Waals surface area contributed by atoms with Crippen molar-refractivity contribution in [1.29, 1.82) is 5.26 Å². The number of fused-ring (bicyclic) bond motifs is 6. The molecule has 3 aromatic heterocycles. The normalized spacial score (nSPS) is 11.5. The smallest absolute Gasteiger partial charge is 0.164 e. The second-order valence-corrected chi connectivity index (χ2v) is 21.3. The molecular weight excluding hydrogens is 971 g/mol. The summed E-state index contributed by atoms with van der Waals surface area (Å²) >= 11 is 0. The van der Waals surface area contributed by atoms with Gasteiger partial charge in [0, 0.05) is 32.7 Å². The molecule has 0 aliphatic heterocycles. The largest absolute Gasteiger partial charge is 0.308 e. The van der Waals surface area contributed by atoms with Crippen LogP contribution in [0.1, 0.15) is 27.8 Å². The van der Waals surface area contributed by atoms with E-state index in [0.29, 0.717) is 11.4 Å². The molecule has 0 saturated heterocycles. The summed E-state index contributed by atoms with van der Waals surface area (Å²) in [7, 11) is 0. The molecule has 0 aliphatic carbocycles. The summed E-state index contributed by atoms with van der Waals surface area (Å²) in [5.74, 6) is 0.533. The van der Waals surface area contributed by atoms with Crippen LogP contribution in [0.2, 0.25) is 0 Å². The van der Waals surface area contributed by atoms with Crippen LogP contribution < -0.4 is 0 Å². The number of rotatable bonds is 9. The van der Waals surface area contributed by atoms with Crippen LogP contribution in [0, 0.1) is 39.0 Å². The Morgan fingerprint density at radius 3 is 0.900 bits per heavy atom. The SMILES string of the molecule is Cc1cccc(-c2ccc3c(c2)c2cc(-c4cccc(C)c4)ccc2n3-c2cc(C#N)cc(-n3c4ccc(-c5cccc(C)c5)cc4c4cc(-c5cccc(C)c5)ccc43)c2-c2nc(-c3ccccc3)cc(-c3ccccc3)n2)c1. The predicted molar refractivity (Wildman–Crippen MR) is 332 cm³/mol. The van der Waals surface area contributed by atoms with Gasteiger partial charge in [-0.05, 0) is 139 Å². The molecule has 0 atom stereocenters. The Morgan fingerprint density at radius 2 is 0.600 bits per heavy atom. The van der Waals surface area contributed by atoms with Gasteiger partial charge in [-0.15, -0.1) is 0 Å². The minimum absolute atomic E-state index is 0.506. The Balaban J connectivity index is 1.14. The zero-order valence-corrected chi connectivity index (χ0v) is 44.9. The van der Waals surface area contributed by atoms with E-state index in [0.717, 1.165) is 128 Å². The minimum atomic E-state index is 0.506. The lowest BCUT2D eigenvalue weighted by Crippen LogP contribution is -2.07. The summed E-state index contributed by atoms with van der Waals surface area (Å²) in [6.07, 6.45) is 0. The van der Waals surface area contributed by atoms with Crippen LogP contribution in [0.15, 0.2) is 249 Å².